The summed E-state index contributed by atoms with van der Waals surface area (Å²) in [6.45, 7) is 2.50. The number of rotatable bonds is 36. The summed E-state index contributed by atoms with van der Waals surface area (Å²) in [4.78, 5) is 185. The fraction of sp³-hybridized carbons (Fsp3) is 0.448. The van der Waals surface area contributed by atoms with Gasteiger partial charge in [0.25, 0.3) is 0 Å². The summed E-state index contributed by atoms with van der Waals surface area (Å²) < 4.78 is 0. The van der Waals surface area contributed by atoms with Crippen LogP contribution < -0.4 is 64.6 Å². The highest BCUT2D eigenvalue weighted by Crippen LogP contribution is 2.22. The zero-order valence-corrected chi connectivity index (χ0v) is 49.0. The number of aromatic amines is 3. The Labute approximate surface area is 509 Å². The molecule has 0 unspecified atom stereocenters. The molecule has 0 saturated carbocycles. The molecule has 0 bridgehead atoms. The second kappa shape index (κ2) is 33.1. The molecule has 11 amide bonds. The molecule has 0 spiro atoms. The van der Waals surface area contributed by atoms with Gasteiger partial charge in [0.2, 0.25) is 65.0 Å². The molecule has 1 fully saturated rings. The van der Waals surface area contributed by atoms with Crippen molar-refractivity contribution in [2.45, 2.75) is 139 Å². The highest BCUT2D eigenvalue weighted by molar-refractivity contribution is 5.99. The molecule has 6 rings (SSSR count). The maximum Gasteiger partial charge on any atom is 0.326 e. The number of para-hydroxylation sites is 2. The highest BCUT2D eigenvalue weighted by atomic mass is 16.4. The van der Waals surface area contributed by atoms with E-state index in [1.165, 1.54) is 12.5 Å². The number of carbonyl (C=O) groups is 13. The molecule has 4 heterocycles. The number of fused-ring (bicyclic) bond motifs is 2. The van der Waals surface area contributed by atoms with Crippen molar-refractivity contribution in [1.29, 1.82) is 0 Å². The van der Waals surface area contributed by atoms with E-state index in [2.05, 4.69) is 73.1 Å². The van der Waals surface area contributed by atoms with E-state index in [0.717, 1.165) is 17.3 Å². The maximum atomic E-state index is 14.4. The Kier molecular flexibility index (Phi) is 25.2. The van der Waals surface area contributed by atoms with Gasteiger partial charge in [-0.3, -0.25) is 57.5 Å². The van der Waals surface area contributed by atoms with Crippen molar-refractivity contribution in [3.63, 3.8) is 0 Å². The average Bonchev–Trinajstić information content (AvgIpc) is 3.02. The molecule has 5 aromatic rings. The number of aromatic nitrogens is 4. The standard InChI is InChI=1S/C58H76N16O15/c1-3-30(2)50(74-56(86)43(72-52(82)38-13-8-20-62-38)22-32-25-64-37-12-7-5-10-35(32)37)57(87)70-40(15-18-46(60)76)53(83)69-39(14-17-45(59)75)54(84)73-44(23-33-26-61-29-67-33)51(81)66-27-47(77)65-28-48(78)68-42(21-31-24-63-36-11-6-4-9-34(31)36)55(85)71-41(58(88)89)16-19-49(79)80/h4-7,9-12,24-26,29-30,38-44,50,62-64H,3,8,13-23,27-28H2,1-2H3,(H2,59,75)(H2,60,76)(H,61,67)(H,65,77)(H,66,81)(H,68,78)(H,69,83)(H,70,87)(H,71,85)(H,72,82)(H,73,84)(H,74,86)(H,79,80)(H,88,89)/t30-,38-,39-,40-,41-,42-,43-,44-,50-/m0/s1. The van der Waals surface area contributed by atoms with E-state index in [-0.39, 0.29) is 19.3 Å². The Morgan fingerprint density at radius 3 is 1.61 bits per heavy atom. The fourth-order valence-electron chi connectivity index (χ4n) is 9.91. The third kappa shape index (κ3) is 20.7. The Balaban J connectivity index is 1.12. The zero-order valence-electron chi connectivity index (χ0n) is 49.0. The van der Waals surface area contributed by atoms with Crippen LogP contribution in [0.15, 0.2) is 73.4 Å². The normalized spacial score (nSPS) is 15.5. The number of hydrogen-bond donors (Lipinski definition) is 17. The zero-order chi connectivity index (χ0) is 64.7. The van der Waals surface area contributed by atoms with Gasteiger partial charge in [-0.2, -0.15) is 0 Å². The lowest BCUT2D eigenvalue weighted by molar-refractivity contribution is -0.143. The largest absolute Gasteiger partial charge is 0.481 e. The van der Waals surface area contributed by atoms with Gasteiger partial charge in [0.05, 0.1) is 25.5 Å². The van der Waals surface area contributed by atoms with Crippen molar-refractivity contribution >= 4 is 98.7 Å². The third-order valence-electron chi connectivity index (χ3n) is 15.0. The van der Waals surface area contributed by atoms with E-state index in [1.54, 1.807) is 50.5 Å². The van der Waals surface area contributed by atoms with Crippen LogP contribution in [-0.2, 0) is 81.6 Å². The first-order chi connectivity index (χ1) is 42.5. The quantitative estimate of drug-likeness (QED) is 0.0194. The van der Waals surface area contributed by atoms with Crippen LogP contribution in [0.3, 0.4) is 0 Å². The van der Waals surface area contributed by atoms with Gasteiger partial charge < -0.3 is 89.8 Å². The van der Waals surface area contributed by atoms with E-state index in [4.69, 9.17) is 16.6 Å². The van der Waals surface area contributed by atoms with Gasteiger partial charge in [-0.1, -0.05) is 56.7 Å². The van der Waals surface area contributed by atoms with Crippen molar-refractivity contribution in [3.8, 4) is 0 Å². The van der Waals surface area contributed by atoms with Crippen LogP contribution in [0.4, 0.5) is 0 Å². The highest BCUT2D eigenvalue weighted by Gasteiger charge is 2.36. The minimum Gasteiger partial charge on any atom is -0.481 e. The van der Waals surface area contributed by atoms with Gasteiger partial charge in [-0.05, 0) is 67.8 Å². The number of primary amides is 2. The molecule has 89 heavy (non-hydrogen) atoms. The third-order valence-corrected chi connectivity index (χ3v) is 15.0. The van der Waals surface area contributed by atoms with E-state index in [0.29, 0.717) is 47.1 Å². The van der Waals surface area contributed by atoms with Crippen LogP contribution in [0, 0.1) is 5.92 Å². The minimum absolute atomic E-state index is 0.0310. The lowest BCUT2D eigenvalue weighted by Gasteiger charge is -2.29. The summed E-state index contributed by atoms with van der Waals surface area (Å²) in [5.41, 5.74) is 14.0. The number of amides is 11. The number of hydrogen-bond acceptors (Lipinski definition) is 15. The number of carbonyl (C=O) groups excluding carboxylic acids is 11. The van der Waals surface area contributed by atoms with Crippen LogP contribution >= 0.6 is 0 Å². The Bertz CT molecular complexity index is 3360. The number of imidazole rings is 1. The molecule has 1 aliphatic heterocycles. The number of H-pyrrole nitrogens is 3. The molecule has 1 aliphatic rings. The smallest absolute Gasteiger partial charge is 0.326 e. The summed E-state index contributed by atoms with van der Waals surface area (Å²) in [5.74, 6) is -13.0. The minimum atomic E-state index is -1.66. The molecule has 0 radical (unpaired) electrons. The lowest BCUT2D eigenvalue weighted by Crippen LogP contribution is -2.61. The molecule has 1 saturated heterocycles. The second-order valence-electron chi connectivity index (χ2n) is 21.6. The SMILES string of the molecule is CC[C@H](C)[C@H](NC(=O)[C@H](Cc1c[nH]c2ccccc12)NC(=O)[C@@H]1CCCN1)C(=O)N[C@@H](CCC(N)=O)C(=O)N[C@@H](CCC(N)=O)C(=O)N[C@@H](Cc1cnc[nH]1)C(=O)NCC(=O)NCC(=O)N[C@@H](Cc1c[nH]c2ccccc12)C(=O)N[C@@H](CCC(=O)O)C(=O)O. The van der Waals surface area contributed by atoms with Crippen LogP contribution in [0.2, 0.25) is 0 Å². The van der Waals surface area contributed by atoms with Gasteiger partial charge >= 0.3 is 11.9 Å². The van der Waals surface area contributed by atoms with Crippen molar-refractivity contribution in [2.75, 3.05) is 19.6 Å². The number of nitrogens with one attached hydrogen (secondary N) is 13. The predicted octanol–water partition coefficient (Wildman–Crippen LogP) is -2.70. The number of aliphatic carboxylic acids is 2. The first-order valence-corrected chi connectivity index (χ1v) is 29.0. The molecule has 9 atom stereocenters. The molecule has 19 N–H and O–H groups in total. The van der Waals surface area contributed by atoms with Gasteiger partial charge in [0.15, 0.2) is 0 Å². The molecule has 31 nitrogen and oxygen atoms in total. The molecular weight excluding hydrogens is 1160 g/mol. The number of benzene rings is 2. The molecule has 2 aromatic carbocycles. The summed E-state index contributed by atoms with van der Waals surface area (Å²) in [7, 11) is 0. The van der Waals surface area contributed by atoms with Crippen molar-refractivity contribution in [3.05, 3.63) is 90.3 Å². The van der Waals surface area contributed by atoms with Crippen LogP contribution in [0.25, 0.3) is 21.8 Å². The summed E-state index contributed by atoms with van der Waals surface area (Å²) in [6.07, 6.45) is 4.29. The van der Waals surface area contributed by atoms with Crippen LogP contribution in [0.1, 0.15) is 88.5 Å². The lowest BCUT2D eigenvalue weighted by atomic mass is 9.96. The number of nitrogens with zero attached hydrogens (tertiary/aromatic N) is 1. The average molecular weight is 1240 g/mol. The fourth-order valence-corrected chi connectivity index (χ4v) is 9.91. The number of carboxylic acid groups (broad SMARTS) is 2. The van der Waals surface area contributed by atoms with E-state index >= 15 is 0 Å². The van der Waals surface area contributed by atoms with Crippen LogP contribution in [-0.4, -0.2) is 175 Å². The topological polar surface area (TPSA) is 495 Å². The maximum absolute atomic E-state index is 14.4. The van der Waals surface area contributed by atoms with Crippen LogP contribution in [0.5, 0.6) is 0 Å². The van der Waals surface area contributed by atoms with E-state index < -0.39 is 183 Å². The molecule has 478 valence electrons. The Hall–Kier alpha value is -10.2. The van der Waals surface area contributed by atoms with Gasteiger partial charge in [0.1, 0.15) is 42.3 Å². The molecule has 0 aliphatic carbocycles. The van der Waals surface area contributed by atoms with E-state index in [1.807, 2.05) is 24.3 Å². The second-order valence-corrected chi connectivity index (χ2v) is 21.6. The predicted molar refractivity (Wildman–Crippen MR) is 318 cm³/mol. The number of carboxylic acids is 2. The van der Waals surface area contributed by atoms with E-state index in [9.17, 15) is 67.4 Å². The summed E-state index contributed by atoms with van der Waals surface area (Å²) >= 11 is 0. The van der Waals surface area contributed by atoms with Crippen molar-refractivity contribution in [1.82, 2.24) is 73.1 Å². The molecule has 31 heteroatoms. The molecule has 3 aromatic heterocycles. The Morgan fingerprint density at radius 2 is 1.08 bits per heavy atom. The number of nitrogens with two attached hydrogens (primary N) is 2. The molecular formula is C58H76N16O15. The summed E-state index contributed by atoms with van der Waals surface area (Å²) in [6, 6.07) is 3.49. The van der Waals surface area contributed by atoms with Crippen molar-refractivity contribution in [2.24, 2.45) is 17.4 Å². The van der Waals surface area contributed by atoms with Crippen molar-refractivity contribution < 1.29 is 72.5 Å². The van der Waals surface area contributed by atoms with Gasteiger partial charge in [0, 0.05) is 84.6 Å². The first kappa shape index (κ1) is 67.9. The summed E-state index contributed by atoms with van der Waals surface area (Å²) in [5, 5.41) is 46.0. The first-order valence-electron chi connectivity index (χ1n) is 29.0. The van der Waals surface area contributed by atoms with Gasteiger partial charge in [-0.15, -0.1) is 0 Å². The Morgan fingerprint density at radius 1 is 0.573 bits per heavy atom. The van der Waals surface area contributed by atoms with Gasteiger partial charge in [-0.25, -0.2) is 9.78 Å². The monoisotopic (exact) mass is 1240 g/mol.